The first-order valence-electron chi connectivity index (χ1n) is 9.22. The summed E-state index contributed by atoms with van der Waals surface area (Å²) in [4.78, 5) is 9.18. The topological polar surface area (TPSA) is 59.1 Å². The highest BCUT2D eigenvalue weighted by atomic mass is 16.5. The van der Waals surface area contributed by atoms with Gasteiger partial charge in [0.1, 0.15) is 11.6 Å². The summed E-state index contributed by atoms with van der Waals surface area (Å²) in [5.74, 6) is 2.55. The van der Waals surface area contributed by atoms with Crippen LogP contribution in [0.4, 0.5) is 11.8 Å². The van der Waals surface area contributed by atoms with Crippen molar-refractivity contribution in [1.29, 1.82) is 0 Å². The van der Waals surface area contributed by atoms with E-state index in [-0.39, 0.29) is 0 Å². The maximum atomic E-state index is 5.41. The zero-order chi connectivity index (χ0) is 17.5. The average Bonchev–Trinajstić information content (AvgIpc) is 2.62. The summed E-state index contributed by atoms with van der Waals surface area (Å²) in [6.45, 7) is 2.82. The van der Waals surface area contributed by atoms with Crippen molar-refractivity contribution < 1.29 is 4.74 Å². The van der Waals surface area contributed by atoms with E-state index in [0.717, 1.165) is 36.2 Å². The van der Waals surface area contributed by atoms with Crippen molar-refractivity contribution in [3.8, 4) is 5.75 Å². The second-order valence-corrected chi connectivity index (χ2v) is 6.69. The van der Waals surface area contributed by atoms with Crippen LogP contribution in [0.3, 0.4) is 0 Å². The van der Waals surface area contributed by atoms with E-state index in [2.05, 4.69) is 26.7 Å². The van der Waals surface area contributed by atoms with Crippen LogP contribution in [-0.2, 0) is 6.42 Å². The van der Waals surface area contributed by atoms with E-state index >= 15 is 0 Å². The molecule has 2 N–H and O–H groups in total. The number of para-hydroxylation sites is 1. The molecule has 1 aliphatic rings. The van der Waals surface area contributed by atoms with Crippen LogP contribution in [0, 0.1) is 6.92 Å². The summed E-state index contributed by atoms with van der Waals surface area (Å²) < 4.78 is 5.41. The van der Waals surface area contributed by atoms with Crippen LogP contribution in [0.2, 0.25) is 0 Å². The highest BCUT2D eigenvalue weighted by Crippen LogP contribution is 2.21. The van der Waals surface area contributed by atoms with E-state index in [1.54, 1.807) is 7.11 Å². The Bertz CT molecular complexity index is 683. The third-order valence-corrected chi connectivity index (χ3v) is 4.69. The molecule has 0 unspecified atom stereocenters. The van der Waals surface area contributed by atoms with E-state index in [4.69, 9.17) is 4.74 Å². The van der Waals surface area contributed by atoms with Gasteiger partial charge in [0.05, 0.1) is 7.11 Å². The third-order valence-electron chi connectivity index (χ3n) is 4.69. The number of rotatable bonds is 7. The predicted octanol–water partition coefficient (Wildman–Crippen LogP) is 4.19. The van der Waals surface area contributed by atoms with Crippen molar-refractivity contribution in [2.45, 2.75) is 51.5 Å². The minimum absolute atomic E-state index is 0.511. The van der Waals surface area contributed by atoms with Gasteiger partial charge in [-0.05, 0) is 37.8 Å². The fourth-order valence-electron chi connectivity index (χ4n) is 3.39. The first kappa shape index (κ1) is 17.5. The van der Waals surface area contributed by atoms with Gasteiger partial charge >= 0.3 is 0 Å². The molecule has 0 amide bonds. The van der Waals surface area contributed by atoms with Crippen molar-refractivity contribution in [3.05, 3.63) is 41.6 Å². The molecule has 1 heterocycles. The number of hydrogen-bond donors (Lipinski definition) is 2. The van der Waals surface area contributed by atoms with Gasteiger partial charge in [-0.1, -0.05) is 37.5 Å². The Balaban J connectivity index is 1.58. The molecule has 25 heavy (non-hydrogen) atoms. The molecule has 0 radical (unpaired) electrons. The van der Waals surface area contributed by atoms with Crippen LogP contribution < -0.4 is 15.4 Å². The molecule has 134 valence electrons. The molecule has 1 fully saturated rings. The third kappa shape index (κ3) is 5.08. The summed E-state index contributed by atoms with van der Waals surface area (Å²) in [6, 6.07) is 10.6. The molecule has 1 aromatic heterocycles. The first-order chi connectivity index (χ1) is 12.2. The second kappa shape index (κ2) is 8.70. The number of hydrogen-bond acceptors (Lipinski definition) is 5. The van der Waals surface area contributed by atoms with Crippen molar-refractivity contribution in [2.24, 2.45) is 0 Å². The Morgan fingerprint density at radius 2 is 1.92 bits per heavy atom. The van der Waals surface area contributed by atoms with Gasteiger partial charge in [0, 0.05) is 24.3 Å². The van der Waals surface area contributed by atoms with Gasteiger partial charge in [-0.2, -0.15) is 4.98 Å². The molecule has 5 nitrogen and oxygen atoms in total. The van der Waals surface area contributed by atoms with Gasteiger partial charge in [0.15, 0.2) is 0 Å². The van der Waals surface area contributed by atoms with Crippen molar-refractivity contribution in [3.63, 3.8) is 0 Å². The molecule has 1 aromatic carbocycles. The zero-order valence-corrected chi connectivity index (χ0v) is 15.2. The monoisotopic (exact) mass is 340 g/mol. The van der Waals surface area contributed by atoms with Crippen LogP contribution in [0.15, 0.2) is 30.3 Å². The van der Waals surface area contributed by atoms with Crippen molar-refractivity contribution in [1.82, 2.24) is 9.97 Å². The van der Waals surface area contributed by atoms with E-state index in [1.165, 1.54) is 37.7 Å². The number of aromatic nitrogens is 2. The number of aryl methyl sites for hydroxylation is 1. The van der Waals surface area contributed by atoms with Crippen LogP contribution in [0.1, 0.15) is 43.4 Å². The van der Waals surface area contributed by atoms with Gasteiger partial charge in [-0.3, -0.25) is 0 Å². The van der Waals surface area contributed by atoms with Crippen molar-refractivity contribution >= 4 is 11.8 Å². The van der Waals surface area contributed by atoms with E-state index < -0.39 is 0 Å². The highest BCUT2D eigenvalue weighted by Gasteiger charge is 2.14. The SMILES string of the molecule is COc1ccccc1CCNc1cc(C)nc(NC2CCCCC2)n1. The number of anilines is 2. The number of benzene rings is 1. The molecule has 2 aromatic rings. The molecule has 0 spiro atoms. The fraction of sp³-hybridized carbons (Fsp3) is 0.500. The Hall–Kier alpha value is -2.30. The largest absolute Gasteiger partial charge is 0.496 e. The maximum absolute atomic E-state index is 5.41. The summed E-state index contributed by atoms with van der Waals surface area (Å²) >= 11 is 0. The first-order valence-corrected chi connectivity index (χ1v) is 9.22. The Morgan fingerprint density at radius 1 is 1.12 bits per heavy atom. The van der Waals surface area contributed by atoms with Gasteiger partial charge in [-0.15, -0.1) is 0 Å². The number of methoxy groups -OCH3 is 1. The number of ether oxygens (including phenoxy) is 1. The van der Waals surface area contributed by atoms with Gasteiger partial charge in [0.2, 0.25) is 5.95 Å². The molecule has 1 saturated carbocycles. The summed E-state index contributed by atoms with van der Waals surface area (Å²) in [6.07, 6.45) is 7.27. The molecule has 0 saturated heterocycles. The van der Waals surface area contributed by atoms with E-state index in [0.29, 0.717) is 6.04 Å². The summed E-state index contributed by atoms with van der Waals surface area (Å²) in [5, 5.41) is 6.92. The van der Waals surface area contributed by atoms with Gasteiger partial charge < -0.3 is 15.4 Å². The minimum atomic E-state index is 0.511. The molecule has 1 aliphatic carbocycles. The van der Waals surface area contributed by atoms with Crippen LogP contribution in [-0.4, -0.2) is 29.7 Å². The summed E-state index contributed by atoms with van der Waals surface area (Å²) in [5.41, 5.74) is 2.18. The summed E-state index contributed by atoms with van der Waals surface area (Å²) in [7, 11) is 1.71. The van der Waals surface area contributed by atoms with Crippen LogP contribution in [0.25, 0.3) is 0 Å². The molecule has 3 rings (SSSR count). The van der Waals surface area contributed by atoms with Crippen LogP contribution in [0.5, 0.6) is 5.75 Å². The Labute approximate surface area is 150 Å². The fourth-order valence-corrected chi connectivity index (χ4v) is 3.39. The molecular formula is C20H28N4O. The van der Waals surface area contributed by atoms with Crippen molar-refractivity contribution in [2.75, 3.05) is 24.3 Å². The highest BCUT2D eigenvalue weighted by molar-refractivity contribution is 5.43. The standard InChI is InChI=1S/C20H28N4O/c1-15-14-19(21-13-12-16-8-6-7-11-18(16)25-2)24-20(22-15)23-17-9-4-3-5-10-17/h6-8,11,14,17H,3-5,9-10,12-13H2,1-2H3,(H2,21,22,23,24). The number of nitrogens with zero attached hydrogens (tertiary/aromatic N) is 2. The lowest BCUT2D eigenvalue weighted by atomic mass is 9.96. The van der Waals surface area contributed by atoms with Crippen LogP contribution >= 0.6 is 0 Å². The molecule has 0 bridgehead atoms. The lowest BCUT2D eigenvalue weighted by Gasteiger charge is -2.23. The van der Waals surface area contributed by atoms with E-state index in [9.17, 15) is 0 Å². The maximum Gasteiger partial charge on any atom is 0.225 e. The van der Waals surface area contributed by atoms with Gasteiger partial charge in [0.25, 0.3) is 0 Å². The molecule has 5 heteroatoms. The van der Waals surface area contributed by atoms with Gasteiger partial charge in [-0.25, -0.2) is 4.98 Å². The number of nitrogens with one attached hydrogen (secondary N) is 2. The normalized spacial score (nSPS) is 15.0. The Kier molecular flexibility index (Phi) is 6.09. The van der Waals surface area contributed by atoms with E-state index in [1.807, 2.05) is 31.2 Å². The lowest BCUT2D eigenvalue weighted by Crippen LogP contribution is -2.24. The molecule has 0 atom stereocenters. The zero-order valence-electron chi connectivity index (χ0n) is 15.2. The second-order valence-electron chi connectivity index (χ2n) is 6.69. The molecule has 0 aliphatic heterocycles. The smallest absolute Gasteiger partial charge is 0.225 e. The average molecular weight is 340 g/mol. The molecular weight excluding hydrogens is 312 g/mol. The lowest BCUT2D eigenvalue weighted by molar-refractivity contribution is 0.410. The Morgan fingerprint density at radius 3 is 2.72 bits per heavy atom. The minimum Gasteiger partial charge on any atom is -0.496 e. The predicted molar refractivity (Wildman–Crippen MR) is 102 cm³/mol. The quantitative estimate of drug-likeness (QED) is 0.791.